The number of hydrogen-bond donors (Lipinski definition) is 0. The molecule has 1 aliphatic heterocycles. The third-order valence-electron chi connectivity index (χ3n) is 6.22. The van der Waals surface area contributed by atoms with Crippen LogP contribution in [-0.4, -0.2) is 60.5 Å². The molecule has 1 saturated heterocycles. The first-order chi connectivity index (χ1) is 14.9. The number of halogens is 1. The van der Waals surface area contributed by atoms with E-state index in [1.165, 1.54) is 16.7 Å². The lowest BCUT2D eigenvalue weighted by Crippen LogP contribution is -2.49. The molecule has 1 unspecified atom stereocenters. The number of rotatable bonds is 8. The van der Waals surface area contributed by atoms with Crippen molar-refractivity contribution < 1.29 is 9.53 Å². The molecular formula is C25H33ClN2O2S. The van der Waals surface area contributed by atoms with Crippen molar-refractivity contribution in [1.29, 1.82) is 0 Å². The molecule has 1 heterocycles. The molecule has 4 nitrogen and oxygen atoms in total. The zero-order chi connectivity index (χ0) is 22.4. The van der Waals surface area contributed by atoms with Crippen LogP contribution >= 0.6 is 23.4 Å². The lowest BCUT2D eigenvalue weighted by Gasteiger charge is -2.39. The lowest BCUT2D eigenvalue weighted by molar-refractivity contribution is 0.0581. The maximum Gasteiger partial charge on any atom is 0.253 e. The van der Waals surface area contributed by atoms with Crippen LogP contribution in [0.4, 0.5) is 0 Å². The zero-order valence-electron chi connectivity index (χ0n) is 19.0. The number of carbonyl (C=O) groups is 1. The molecule has 168 valence electrons. The molecule has 1 aliphatic rings. The predicted octanol–water partition coefficient (Wildman–Crippen LogP) is 5.61. The van der Waals surface area contributed by atoms with E-state index in [0.29, 0.717) is 16.6 Å². The van der Waals surface area contributed by atoms with E-state index in [1.807, 2.05) is 16.7 Å². The van der Waals surface area contributed by atoms with E-state index in [4.69, 9.17) is 16.3 Å². The Morgan fingerprint density at radius 2 is 1.74 bits per heavy atom. The number of carbonyl (C=O) groups excluding carboxylic acids is 1. The summed E-state index contributed by atoms with van der Waals surface area (Å²) in [6.07, 6.45) is 3.19. The maximum atomic E-state index is 12.8. The Morgan fingerprint density at radius 1 is 1.06 bits per heavy atom. The second kappa shape index (κ2) is 11.3. The molecular weight excluding hydrogens is 428 g/mol. The summed E-state index contributed by atoms with van der Waals surface area (Å²) >= 11 is 7.80. The zero-order valence-corrected chi connectivity index (χ0v) is 20.6. The highest BCUT2D eigenvalue weighted by Crippen LogP contribution is 2.31. The summed E-state index contributed by atoms with van der Waals surface area (Å²) in [6.45, 7) is 10.6. The first-order valence-electron chi connectivity index (χ1n) is 10.9. The maximum absolute atomic E-state index is 12.8. The van der Waals surface area contributed by atoms with Gasteiger partial charge in [-0.15, -0.1) is 0 Å². The van der Waals surface area contributed by atoms with Crippen molar-refractivity contribution >= 4 is 29.3 Å². The second-order valence-corrected chi connectivity index (χ2v) is 9.53. The topological polar surface area (TPSA) is 32.8 Å². The van der Waals surface area contributed by atoms with Crippen molar-refractivity contribution in [3.05, 3.63) is 63.7 Å². The number of piperazine rings is 1. The fourth-order valence-corrected chi connectivity index (χ4v) is 4.63. The van der Waals surface area contributed by atoms with Crippen LogP contribution in [0, 0.1) is 13.8 Å². The van der Waals surface area contributed by atoms with Gasteiger partial charge >= 0.3 is 0 Å². The summed E-state index contributed by atoms with van der Waals surface area (Å²) in [7, 11) is 0. The van der Waals surface area contributed by atoms with Gasteiger partial charge in [-0.25, -0.2) is 0 Å². The van der Waals surface area contributed by atoms with Crippen LogP contribution in [0.15, 0.2) is 36.4 Å². The SMILES string of the molecule is CSCCCOc1ccc(C(C)N2CCN(C(=O)c3ccc(Cl)cc3)CC2)c(C)c1C. The minimum absolute atomic E-state index is 0.0824. The smallest absolute Gasteiger partial charge is 0.253 e. The van der Waals surface area contributed by atoms with Gasteiger partial charge in [0.2, 0.25) is 0 Å². The van der Waals surface area contributed by atoms with Gasteiger partial charge in [0.05, 0.1) is 6.61 Å². The first kappa shape index (κ1) is 24.0. The first-order valence-corrected chi connectivity index (χ1v) is 12.7. The van der Waals surface area contributed by atoms with Crippen molar-refractivity contribution in [2.45, 2.75) is 33.2 Å². The highest BCUT2D eigenvalue weighted by molar-refractivity contribution is 7.98. The second-order valence-electron chi connectivity index (χ2n) is 8.11. The molecule has 0 bridgehead atoms. The normalized spacial score (nSPS) is 15.7. The molecule has 2 aromatic rings. The van der Waals surface area contributed by atoms with Crippen molar-refractivity contribution in [1.82, 2.24) is 9.80 Å². The molecule has 2 aromatic carbocycles. The van der Waals surface area contributed by atoms with Crippen LogP contribution in [0.5, 0.6) is 5.75 Å². The third-order valence-corrected chi connectivity index (χ3v) is 7.17. The molecule has 1 atom stereocenters. The highest BCUT2D eigenvalue weighted by Gasteiger charge is 2.26. The molecule has 31 heavy (non-hydrogen) atoms. The predicted molar refractivity (Wildman–Crippen MR) is 132 cm³/mol. The average molecular weight is 461 g/mol. The summed E-state index contributed by atoms with van der Waals surface area (Å²) in [5.41, 5.74) is 4.57. The summed E-state index contributed by atoms with van der Waals surface area (Å²) in [6, 6.07) is 11.8. The summed E-state index contributed by atoms with van der Waals surface area (Å²) in [5, 5.41) is 0.650. The van der Waals surface area contributed by atoms with E-state index >= 15 is 0 Å². The standard InChI is InChI=1S/C25H33ClN2O2S/c1-18-19(2)24(30-16-5-17-31-4)11-10-23(18)20(3)27-12-14-28(15-13-27)25(29)21-6-8-22(26)9-7-21/h6-11,20H,5,12-17H2,1-4H3. The van der Waals surface area contributed by atoms with Crippen LogP contribution in [0.25, 0.3) is 0 Å². The number of amides is 1. The fraction of sp³-hybridized carbons (Fsp3) is 0.480. The molecule has 6 heteroatoms. The van der Waals surface area contributed by atoms with E-state index in [-0.39, 0.29) is 5.91 Å². The Morgan fingerprint density at radius 3 is 2.39 bits per heavy atom. The quantitative estimate of drug-likeness (QED) is 0.479. The van der Waals surface area contributed by atoms with Crippen molar-refractivity contribution in [2.24, 2.45) is 0 Å². The van der Waals surface area contributed by atoms with Crippen LogP contribution in [0.2, 0.25) is 5.02 Å². The molecule has 3 rings (SSSR count). The molecule has 0 aliphatic carbocycles. The molecule has 1 amide bonds. The Bertz CT molecular complexity index is 880. The van der Waals surface area contributed by atoms with E-state index in [2.05, 4.69) is 44.1 Å². The largest absolute Gasteiger partial charge is 0.493 e. The van der Waals surface area contributed by atoms with Crippen LogP contribution in [-0.2, 0) is 0 Å². The summed E-state index contributed by atoms with van der Waals surface area (Å²) in [4.78, 5) is 17.2. The van der Waals surface area contributed by atoms with Gasteiger partial charge in [0, 0.05) is 42.8 Å². The van der Waals surface area contributed by atoms with E-state index < -0.39 is 0 Å². The van der Waals surface area contributed by atoms with Gasteiger partial charge in [-0.05, 0) is 86.2 Å². The number of nitrogens with zero attached hydrogens (tertiary/aromatic N) is 2. The molecule has 0 spiro atoms. The molecule has 0 saturated carbocycles. The van der Waals surface area contributed by atoms with Gasteiger partial charge in [0.25, 0.3) is 5.91 Å². The molecule has 1 fully saturated rings. The summed E-state index contributed by atoms with van der Waals surface area (Å²) in [5.74, 6) is 2.20. The van der Waals surface area contributed by atoms with E-state index in [1.54, 1.807) is 24.3 Å². The monoisotopic (exact) mass is 460 g/mol. The Kier molecular flexibility index (Phi) is 8.70. The van der Waals surface area contributed by atoms with Gasteiger partial charge in [0.1, 0.15) is 5.75 Å². The van der Waals surface area contributed by atoms with E-state index in [0.717, 1.165) is 50.7 Å². The Labute approximate surface area is 195 Å². The minimum atomic E-state index is 0.0824. The fourth-order valence-electron chi connectivity index (χ4n) is 4.10. The number of benzene rings is 2. The summed E-state index contributed by atoms with van der Waals surface area (Å²) < 4.78 is 6.01. The number of ether oxygens (including phenoxy) is 1. The van der Waals surface area contributed by atoms with Crippen molar-refractivity contribution in [2.75, 3.05) is 44.8 Å². The number of hydrogen-bond acceptors (Lipinski definition) is 4. The average Bonchev–Trinajstić information content (AvgIpc) is 2.79. The van der Waals surface area contributed by atoms with Crippen LogP contribution in [0.3, 0.4) is 0 Å². The van der Waals surface area contributed by atoms with Crippen LogP contribution in [0.1, 0.15) is 46.4 Å². The third kappa shape index (κ3) is 5.97. The molecule has 0 N–H and O–H groups in total. The van der Waals surface area contributed by atoms with Gasteiger partial charge in [-0.3, -0.25) is 9.69 Å². The Balaban J connectivity index is 1.60. The van der Waals surface area contributed by atoms with Gasteiger partial charge in [-0.2, -0.15) is 11.8 Å². The van der Waals surface area contributed by atoms with Gasteiger partial charge in [0.15, 0.2) is 0 Å². The highest BCUT2D eigenvalue weighted by atomic mass is 35.5. The van der Waals surface area contributed by atoms with Gasteiger partial charge in [-0.1, -0.05) is 17.7 Å². The van der Waals surface area contributed by atoms with Crippen molar-refractivity contribution in [3.63, 3.8) is 0 Å². The van der Waals surface area contributed by atoms with Crippen LogP contribution < -0.4 is 4.74 Å². The van der Waals surface area contributed by atoms with E-state index in [9.17, 15) is 4.79 Å². The molecule has 0 aromatic heterocycles. The lowest BCUT2D eigenvalue weighted by atomic mass is 9.96. The minimum Gasteiger partial charge on any atom is -0.493 e. The number of thioether (sulfide) groups is 1. The Hall–Kier alpha value is -1.69. The van der Waals surface area contributed by atoms with Gasteiger partial charge < -0.3 is 9.64 Å². The molecule has 0 radical (unpaired) electrons. The van der Waals surface area contributed by atoms with Crippen molar-refractivity contribution in [3.8, 4) is 5.75 Å².